The number of nitrogens with zero attached hydrogens (tertiary/aromatic N) is 5. The molecule has 8 nitrogen and oxygen atoms in total. The molecule has 2 aliphatic rings. The lowest BCUT2D eigenvalue weighted by Gasteiger charge is -2.34. The average Bonchev–Trinajstić information content (AvgIpc) is 3.10. The molecule has 1 fully saturated rings. The largest absolute Gasteiger partial charge is 0.324 e. The van der Waals surface area contributed by atoms with E-state index in [1.807, 2.05) is 31.6 Å². The minimum atomic E-state index is -0.0297. The van der Waals surface area contributed by atoms with Crippen molar-refractivity contribution in [3.63, 3.8) is 0 Å². The Morgan fingerprint density at radius 3 is 2.90 bits per heavy atom. The molecular formula is C21H25N7O. The van der Waals surface area contributed by atoms with Crippen molar-refractivity contribution in [3.05, 3.63) is 36.5 Å². The minimum Gasteiger partial charge on any atom is -0.324 e. The van der Waals surface area contributed by atoms with Crippen LogP contribution < -0.4 is 10.6 Å². The summed E-state index contributed by atoms with van der Waals surface area (Å²) in [5.74, 6) is 1.57. The molecule has 0 saturated heterocycles. The number of carbonyl (C=O) groups is 1. The van der Waals surface area contributed by atoms with Crippen molar-refractivity contribution in [1.29, 1.82) is 0 Å². The van der Waals surface area contributed by atoms with Crippen molar-refractivity contribution in [2.75, 3.05) is 25.5 Å². The summed E-state index contributed by atoms with van der Waals surface area (Å²) >= 11 is 0. The third-order valence-electron chi connectivity index (χ3n) is 5.96. The number of aromatic nitrogens is 4. The number of amides is 1. The van der Waals surface area contributed by atoms with E-state index in [0.717, 1.165) is 47.6 Å². The molecule has 1 saturated carbocycles. The first kappa shape index (κ1) is 18.2. The number of hydrogen-bond acceptors (Lipinski definition) is 6. The Balaban J connectivity index is 1.36. The number of rotatable bonds is 5. The average molecular weight is 391 g/mol. The number of fused-ring (bicyclic) bond motifs is 2. The van der Waals surface area contributed by atoms with E-state index in [1.165, 1.54) is 19.3 Å². The molecule has 0 spiro atoms. The summed E-state index contributed by atoms with van der Waals surface area (Å²) in [4.78, 5) is 28.0. The maximum Gasteiger partial charge on any atom is 0.239 e. The Morgan fingerprint density at radius 1 is 1.21 bits per heavy atom. The van der Waals surface area contributed by atoms with Gasteiger partial charge in [0.15, 0.2) is 0 Å². The van der Waals surface area contributed by atoms with Crippen molar-refractivity contribution in [1.82, 2.24) is 29.7 Å². The van der Waals surface area contributed by atoms with E-state index >= 15 is 0 Å². The topological polar surface area (TPSA) is 88.0 Å². The number of likely N-dealkylation sites (N-methyl/N-ethyl adjacent to an activating group) is 1. The van der Waals surface area contributed by atoms with Gasteiger partial charge in [0.05, 0.1) is 30.7 Å². The molecule has 0 unspecified atom stereocenters. The second kappa shape index (κ2) is 7.53. The van der Waals surface area contributed by atoms with Crippen LogP contribution in [0.3, 0.4) is 0 Å². The highest BCUT2D eigenvalue weighted by Gasteiger charge is 2.23. The van der Waals surface area contributed by atoms with Gasteiger partial charge >= 0.3 is 0 Å². The lowest BCUT2D eigenvalue weighted by molar-refractivity contribution is -0.117. The second-order valence-corrected chi connectivity index (χ2v) is 7.92. The number of anilines is 1. The van der Waals surface area contributed by atoms with E-state index in [9.17, 15) is 4.79 Å². The number of hydrogen-bond donors (Lipinski definition) is 2. The van der Waals surface area contributed by atoms with Gasteiger partial charge in [0.2, 0.25) is 5.91 Å². The van der Waals surface area contributed by atoms with Crippen LogP contribution in [0.15, 0.2) is 30.7 Å². The number of pyridine rings is 2. The van der Waals surface area contributed by atoms with Crippen LogP contribution in [-0.2, 0) is 17.9 Å². The van der Waals surface area contributed by atoms with E-state index in [-0.39, 0.29) is 5.91 Å². The fraction of sp³-hybridized carbons (Fsp3) is 0.429. The standard InChI is InChI=1S/C21H25N7O/c1-27(16-3-2-4-16)13-21(29)26-19-8-14-7-17(23-9-15(14)10-24-19)18-11-25-20-12-22-5-6-28(18)20/h7-11,16,22H,2-6,12-13H2,1H3,(H,24,26,29). The van der Waals surface area contributed by atoms with Crippen LogP contribution in [0.1, 0.15) is 25.1 Å². The molecule has 8 heteroatoms. The minimum absolute atomic E-state index is 0.0297. The first-order valence-electron chi connectivity index (χ1n) is 10.2. The maximum absolute atomic E-state index is 12.4. The number of imidazole rings is 1. The second-order valence-electron chi connectivity index (χ2n) is 7.92. The maximum atomic E-state index is 12.4. The molecule has 3 aromatic heterocycles. The third-order valence-corrected chi connectivity index (χ3v) is 5.96. The lowest BCUT2D eigenvalue weighted by Crippen LogP contribution is -2.41. The summed E-state index contributed by atoms with van der Waals surface area (Å²) in [6.07, 6.45) is 9.10. The van der Waals surface area contributed by atoms with Crippen LogP contribution in [-0.4, -0.2) is 56.5 Å². The highest BCUT2D eigenvalue weighted by Crippen LogP contribution is 2.25. The Bertz CT molecular complexity index is 1060. The summed E-state index contributed by atoms with van der Waals surface area (Å²) in [5.41, 5.74) is 1.90. The van der Waals surface area contributed by atoms with Gasteiger partial charge in [-0.25, -0.2) is 9.97 Å². The molecular weight excluding hydrogens is 366 g/mol. The Hall–Kier alpha value is -2.84. The summed E-state index contributed by atoms with van der Waals surface area (Å²) in [7, 11) is 2.01. The molecule has 0 bridgehead atoms. The first-order valence-corrected chi connectivity index (χ1v) is 10.2. The van der Waals surface area contributed by atoms with Gasteiger partial charge in [-0.15, -0.1) is 0 Å². The first-order chi connectivity index (χ1) is 14.2. The van der Waals surface area contributed by atoms with E-state index in [4.69, 9.17) is 0 Å². The summed E-state index contributed by atoms with van der Waals surface area (Å²) in [6, 6.07) is 4.49. The van der Waals surface area contributed by atoms with Gasteiger partial charge in [-0.05, 0) is 37.4 Å². The van der Waals surface area contributed by atoms with Crippen molar-refractivity contribution >= 4 is 22.5 Å². The van der Waals surface area contributed by atoms with Crippen molar-refractivity contribution < 1.29 is 4.79 Å². The fourth-order valence-corrected chi connectivity index (χ4v) is 4.01. The molecule has 3 aromatic rings. The van der Waals surface area contributed by atoms with Crippen LogP contribution in [0, 0.1) is 0 Å². The summed E-state index contributed by atoms with van der Waals surface area (Å²) in [6.45, 7) is 2.99. The van der Waals surface area contributed by atoms with Gasteiger partial charge < -0.3 is 15.2 Å². The Labute approximate surface area is 169 Å². The van der Waals surface area contributed by atoms with Gasteiger partial charge in [-0.2, -0.15) is 0 Å². The molecule has 1 aliphatic heterocycles. The molecule has 0 radical (unpaired) electrons. The van der Waals surface area contributed by atoms with Gasteiger partial charge in [-0.1, -0.05) is 6.42 Å². The highest BCUT2D eigenvalue weighted by atomic mass is 16.2. The fourth-order valence-electron chi connectivity index (χ4n) is 4.01. The van der Waals surface area contributed by atoms with Crippen molar-refractivity contribution in [2.45, 2.75) is 38.4 Å². The van der Waals surface area contributed by atoms with Crippen molar-refractivity contribution in [2.24, 2.45) is 0 Å². The van der Waals surface area contributed by atoms with Crippen LogP contribution in [0.5, 0.6) is 0 Å². The number of carbonyl (C=O) groups excluding carboxylic acids is 1. The van der Waals surface area contributed by atoms with Crippen LogP contribution in [0.2, 0.25) is 0 Å². The van der Waals surface area contributed by atoms with E-state index < -0.39 is 0 Å². The van der Waals surface area contributed by atoms with Crippen LogP contribution in [0.25, 0.3) is 22.2 Å². The van der Waals surface area contributed by atoms with E-state index in [1.54, 1.807) is 6.20 Å². The molecule has 29 heavy (non-hydrogen) atoms. The third kappa shape index (κ3) is 3.61. The summed E-state index contributed by atoms with van der Waals surface area (Å²) < 4.78 is 2.21. The molecule has 150 valence electrons. The molecule has 0 aromatic carbocycles. The van der Waals surface area contributed by atoms with Gasteiger partial charge in [0.25, 0.3) is 0 Å². The zero-order valence-electron chi connectivity index (χ0n) is 16.6. The van der Waals surface area contributed by atoms with E-state index in [2.05, 4.69) is 35.1 Å². The SMILES string of the molecule is CN(CC(=O)Nc1cc2cc(-c3cnc4n3CCNC4)ncc2cn1)C1CCC1. The van der Waals surface area contributed by atoms with Gasteiger partial charge in [0.1, 0.15) is 11.6 Å². The molecule has 5 rings (SSSR count). The summed E-state index contributed by atoms with van der Waals surface area (Å²) in [5, 5.41) is 8.21. The zero-order chi connectivity index (χ0) is 19.8. The highest BCUT2D eigenvalue weighted by molar-refractivity contribution is 5.94. The molecule has 0 atom stereocenters. The molecule has 4 heterocycles. The predicted octanol–water partition coefficient (Wildman–Crippen LogP) is 2.02. The van der Waals surface area contributed by atoms with Crippen LogP contribution in [0.4, 0.5) is 5.82 Å². The molecule has 2 N–H and O–H groups in total. The van der Waals surface area contributed by atoms with Gasteiger partial charge in [-0.3, -0.25) is 14.7 Å². The number of nitrogens with one attached hydrogen (secondary N) is 2. The van der Waals surface area contributed by atoms with Crippen LogP contribution >= 0.6 is 0 Å². The smallest absolute Gasteiger partial charge is 0.239 e. The molecule has 1 aliphatic carbocycles. The quantitative estimate of drug-likeness (QED) is 0.692. The predicted molar refractivity (Wildman–Crippen MR) is 111 cm³/mol. The lowest BCUT2D eigenvalue weighted by atomic mass is 9.92. The van der Waals surface area contributed by atoms with Crippen molar-refractivity contribution in [3.8, 4) is 11.4 Å². The Kier molecular flexibility index (Phi) is 4.73. The monoisotopic (exact) mass is 391 g/mol. The zero-order valence-corrected chi connectivity index (χ0v) is 16.6. The van der Waals surface area contributed by atoms with Gasteiger partial charge in [0, 0.05) is 36.9 Å². The Morgan fingerprint density at radius 2 is 2.07 bits per heavy atom. The normalized spacial score (nSPS) is 16.6. The molecule has 1 amide bonds. The van der Waals surface area contributed by atoms with E-state index in [0.29, 0.717) is 18.4 Å².